The third-order valence-electron chi connectivity index (χ3n) is 5.25. The lowest BCUT2D eigenvalue weighted by Gasteiger charge is -2.22. The predicted octanol–water partition coefficient (Wildman–Crippen LogP) is 2.55. The number of benzene rings is 2. The molecule has 0 aromatic heterocycles. The number of hydrogen-bond donors (Lipinski definition) is 0. The van der Waals surface area contributed by atoms with E-state index < -0.39 is 16.0 Å². The van der Waals surface area contributed by atoms with Gasteiger partial charge in [-0.2, -0.15) is 9.57 Å². The largest absolute Gasteiger partial charge is 0.465 e. The number of carbonyl (C=O) groups excluding carboxylic acids is 1. The number of aryl methyl sites for hydroxylation is 1. The molecule has 0 saturated carbocycles. The number of hydrogen-bond acceptors (Lipinski definition) is 6. The molecule has 2 aromatic rings. The fourth-order valence-electron chi connectivity index (χ4n) is 3.61. The average Bonchev–Trinajstić information content (AvgIpc) is 2.99. The molecule has 1 aliphatic heterocycles. The summed E-state index contributed by atoms with van der Waals surface area (Å²) in [6.07, 6.45) is 0.731. The minimum atomic E-state index is -3.65. The predicted molar refractivity (Wildman–Crippen MR) is 112 cm³/mol. The Bertz CT molecular complexity index is 1060. The zero-order valence-electron chi connectivity index (χ0n) is 17.2. The number of esters is 1. The van der Waals surface area contributed by atoms with E-state index in [2.05, 4.69) is 11.0 Å². The molecular weight excluding hydrogens is 402 g/mol. The quantitative estimate of drug-likeness (QED) is 0.681. The lowest BCUT2D eigenvalue weighted by atomic mass is 10.1. The monoisotopic (exact) mass is 427 g/mol. The van der Waals surface area contributed by atoms with Gasteiger partial charge in [0.05, 0.1) is 29.2 Å². The van der Waals surface area contributed by atoms with Crippen molar-refractivity contribution >= 4 is 16.0 Å². The van der Waals surface area contributed by atoms with Crippen LogP contribution in [-0.2, 0) is 21.3 Å². The maximum Gasteiger partial charge on any atom is 0.337 e. The van der Waals surface area contributed by atoms with Crippen molar-refractivity contribution in [3.63, 3.8) is 0 Å². The van der Waals surface area contributed by atoms with E-state index in [1.165, 1.54) is 23.5 Å². The van der Waals surface area contributed by atoms with Gasteiger partial charge in [0.2, 0.25) is 10.0 Å². The normalized spacial score (nSPS) is 15.9. The molecule has 30 heavy (non-hydrogen) atoms. The van der Waals surface area contributed by atoms with Gasteiger partial charge in [-0.15, -0.1) is 0 Å². The van der Waals surface area contributed by atoms with Crippen LogP contribution < -0.4 is 0 Å². The number of sulfonamides is 1. The minimum Gasteiger partial charge on any atom is -0.465 e. The fraction of sp³-hybridized carbons (Fsp3) is 0.364. The maximum absolute atomic E-state index is 13.2. The second kappa shape index (κ2) is 9.39. The minimum absolute atomic E-state index is 0.218. The van der Waals surface area contributed by atoms with E-state index in [0.717, 1.165) is 18.5 Å². The van der Waals surface area contributed by atoms with Gasteiger partial charge in [0.1, 0.15) is 0 Å². The highest BCUT2D eigenvalue weighted by atomic mass is 32.2. The first kappa shape index (κ1) is 22.0. The van der Waals surface area contributed by atoms with Gasteiger partial charge in [0.25, 0.3) is 0 Å². The Labute approximate surface area is 177 Å². The van der Waals surface area contributed by atoms with Crippen molar-refractivity contribution < 1.29 is 17.9 Å². The molecule has 1 saturated heterocycles. The first-order valence-electron chi connectivity index (χ1n) is 9.75. The van der Waals surface area contributed by atoms with E-state index in [-0.39, 0.29) is 4.90 Å². The molecule has 0 radical (unpaired) electrons. The Balaban J connectivity index is 1.70. The van der Waals surface area contributed by atoms with Crippen LogP contribution in [0, 0.1) is 18.3 Å². The molecule has 0 bridgehead atoms. The van der Waals surface area contributed by atoms with Gasteiger partial charge in [0, 0.05) is 26.2 Å². The van der Waals surface area contributed by atoms with Gasteiger partial charge in [-0.25, -0.2) is 13.2 Å². The summed E-state index contributed by atoms with van der Waals surface area (Å²) in [6, 6.07) is 14.1. The molecule has 0 unspecified atom stereocenters. The van der Waals surface area contributed by atoms with Crippen LogP contribution in [0.15, 0.2) is 47.4 Å². The summed E-state index contributed by atoms with van der Waals surface area (Å²) in [4.78, 5) is 14.1. The molecular formula is C22H25N3O4S. The molecule has 1 fully saturated rings. The van der Waals surface area contributed by atoms with Crippen molar-refractivity contribution in [3.05, 3.63) is 64.7 Å². The molecule has 0 atom stereocenters. The summed E-state index contributed by atoms with van der Waals surface area (Å²) in [5, 5.41) is 8.92. The molecule has 3 rings (SSSR count). The number of carbonyl (C=O) groups is 1. The Morgan fingerprint density at radius 1 is 1.10 bits per heavy atom. The third-order valence-corrected chi connectivity index (χ3v) is 7.31. The van der Waals surface area contributed by atoms with Crippen LogP contribution in [0.5, 0.6) is 0 Å². The summed E-state index contributed by atoms with van der Waals surface area (Å²) in [5.41, 5.74) is 2.58. The van der Waals surface area contributed by atoms with Crippen LogP contribution in [0.25, 0.3) is 0 Å². The second-order valence-electron chi connectivity index (χ2n) is 7.31. The molecule has 1 aliphatic rings. The second-order valence-corrected chi connectivity index (χ2v) is 9.22. The van der Waals surface area contributed by atoms with E-state index in [4.69, 9.17) is 10.00 Å². The lowest BCUT2D eigenvalue weighted by Crippen LogP contribution is -2.35. The number of ether oxygens (including phenoxy) is 1. The van der Waals surface area contributed by atoms with Gasteiger partial charge in [-0.3, -0.25) is 4.90 Å². The van der Waals surface area contributed by atoms with Gasteiger partial charge >= 0.3 is 5.97 Å². The van der Waals surface area contributed by atoms with Crippen molar-refractivity contribution in [1.82, 2.24) is 9.21 Å². The number of rotatable bonds is 5. The van der Waals surface area contributed by atoms with Crippen molar-refractivity contribution in [2.45, 2.75) is 24.8 Å². The van der Waals surface area contributed by atoms with Crippen molar-refractivity contribution in [2.75, 3.05) is 33.3 Å². The first-order valence-corrected chi connectivity index (χ1v) is 11.2. The van der Waals surface area contributed by atoms with Crippen molar-refractivity contribution in [3.8, 4) is 6.07 Å². The first-order chi connectivity index (χ1) is 14.3. The molecule has 0 N–H and O–H groups in total. The Hall–Kier alpha value is -2.73. The highest BCUT2D eigenvalue weighted by molar-refractivity contribution is 7.89. The maximum atomic E-state index is 13.2. The van der Waals surface area contributed by atoms with E-state index in [0.29, 0.717) is 42.9 Å². The summed E-state index contributed by atoms with van der Waals surface area (Å²) < 4.78 is 32.6. The van der Waals surface area contributed by atoms with E-state index >= 15 is 0 Å². The highest BCUT2D eigenvalue weighted by Gasteiger charge is 2.28. The summed E-state index contributed by atoms with van der Waals surface area (Å²) in [5.74, 6) is -0.490. The zero-order chi connectivity index (χ0) is 21.7. The van der Waals surface area contributed by atoms with Crippen LogP contribution in [0.2, 0.25) is 0 Å². The van der Waals surface area contributed by atoms with Crippen LogP contribution in [0.4, 0.5) is 0 Å². The van der Waals surface area contributed by atoms with E-state index in [1.54, 1.807) is 25.1 Å². The highest BCUT2D eigenvalue weighted by Crippen LogP contribution is 2.23. The third kappa shape index (κ3) is 4.87. The van der Waals surface area contributed by atoms with Crippen LogP contribution in [-0.4, -0.2) is 56.9 Å². The standard InChI is InChI=1S/C22H25N3O4S/c1-17-14-20(22(26)29-2)8-9-21(17)30(27,28)25-11-3-10-24(12-13-25)16-19-6-4-18(15-23)5-7-19/h4-9,14H,3,10-13,16H2,1-2H3. The van der Waals surface area contributed by atoms with Crippen molar-refractivity contribution in [1.29, 1.82) is 5.26 Å². The Morgan fingerprint density at radius 3 is 2.47 bits per heavy atom. The number of nitriles is 1. The van der Waals surface area contributed by atoms with Gasteiger partial charge in [0.15, 0.2) is 0 Å². The Morgan fingerprint density at radius 2 is 1.83 bits per heavy atom. The SMILES string of the molecule is COC(=O)c1ccc(S(=O)(=O)N2CCCN(Cc3ccc(C#N)cc3)CC2)c(C)c1. The number of methoxy groups -OCH3 is 1. The van der Waals surface area contributed by atoms with E-state index in [1.807, 2.05) is 12.1 Å². The van der Waals surface area contributed by atoms with E-state index in [9.17, 15) is 13.2 Å². The summed E-state index contributed by atoms with van der Waals surface area (Å²) in [7, 11) is -2.36. The van der Waals surface area contributed by atoms with Gasteiger partial charge < -0.3 is 4.74 Å². The lowest BCUT2D eigenvalue weighted by molar-refractivity contribution is 0.0600. The molecule has 0 spiro atoms. The Kier molecular flexibility index (Phi) is 6.87. The molecule has 7 nitrogen and oxygen atoms in total. The van der Waals surface area contributed by atoms with Gasteiger partial charge in [-0.05, 0) is 61.3 Å². The van der Waals surface area contributed by atoms with Gasteiger partial charge in [-0.1, -0.05) is 12.1 Å². The topological polar surface area (TPSA) is 90.7 Å². The average molecular weight is 428 g/mol. The molecule has 2 aromatic carbocycles. The van der Waals surface area contributed by atoms with Crippen LogP contribution in [0.1, 0.15) is 33.5 Å². The smallest absolute Gasteiger partial charge is 0.337 e. The summed E-state index contributed by atoms with van der Waals surface area (Å²) >= 11 is 0. The molecule has 158 valence electrons. The molecule has 0 amide bonds. The fourth-order valence-corrected chi connectivity index (χ4v) is 5.29. The molecule has 0 aliphatic carbocycles. The molecule has 8 heteroatoms. The number of nitrogens with zero attached hydrogens (tertiary/aromatic N) is 3. The van der Waals surface area contributed by atoms with Crippen LogP contribution in [0.3, 0.4) is 0 Å². The summed E-state index contributed by atoms with van der Waals surface area (Å²) in [6.45, 7) is 4.67. The zero-order valence-corrected chi connectivity index (χ0v) is 18.0. The van der Waals surface area contributed by atoms with Crippen LogP contribution >= 0.6 is 0 Å². The van der Waals surface area contributed by atoms with Crippen molar-refractivity contribution in [2.24, 2.45) is 0 Å². The molecule has 1 heterocycles.